The normalized spacial score (nSPS) is 11.5. The molecule has 0 saturated carbocycles. The van der Waals surface area contributed by atoms with Crippen molar-refractivity contribution in [2.75, 3.05) is 12.4 Å². The van der Waals surface area contributed by atoms with Crippen molar-refractivity contribution in [2.24, 2.45) is 0 Å². The highest BCUT2D eigenvalue weighted by atomic mass is 35.5. The van der Waals surface area contributed by atoms with Crippen LogP contribution in [0.1, 0.15) is 24.1 Å². The van der Waals surface area contributed by atoms with E-state index in [0.717, 1.165) is 17.0 Å². The average molecular weight is 287 g/mol. The number of anilines is 1. The Morgan fingerprint density at radius 1 is 1.25 bits per heavy atom. The van der Waals surface area contributed by atoms with Crippen molar-refractivity contribution >= 4 is 17.3 Å². The third-order valence-corrected chi connectivity index (χ3v) is 3.39. The van der Waals surface area contributed by atoms with E-state index in [1.54, 1.807) is 25.3 Å². The van der Waals surface area contributed by atoms with Crippen molar-refractivity contribution in [2.45, 2.75) is 13.0 Å². The van der Waals surface area contributed by atoms with E-state index in [4.69, 9.17) is 21.6 Å². The first-order chi connectivity index (χ1) is 9.63. The highest BCUT2D eigenvalue weighted by Crippen LogP contribution is 2.28. The van der Waals surface area contributed by atoms with E-state index in [1.807, 2.05) is 31.2 Å². The number of nitrogens with zero attached hydrogens (tertiary/aromatic N) is 1. The van der Waals surface area contributed by atoms with E-state index in [2.05, 4.69) is 11.4 Å². The van der Waals surface area contributed by atoms with E-state index < -0.39 is 0 Å². The molecule has 0 aliphatic heterocycles. The number of nitrogens with one attached hydrogen (secondary N) is 1. The Kier molecular flexibility index (Phi) is 4.49. The maximum Gasteiger partial charge on any atom is 0.119 e. The number of halogens is 1. The highest BCUT2D eigenvalue weighted by Gasteiger charge is 2.09. The largest absolute Gasteiger partial charge is 0.497 e. The van der Waals surface area contributed by atoms with Crippen LogP contribution in [0.15, 0.2) is 42.5 Å². The maximum atomic E-state index is 8.93. The highest BCUT2D eigenvalue weighted by molar-refractivity contribution is 6.33. The minimum Gasteiger partial charge on any atom is -0.497 e. The average Bonchev–Trinajstić information content (AvgIpc) is 2.49. The third-order valence-electron chi connectivity index (χ3n) is 3.06. The Hall–Kier alpha value is -2.18. The molecule has 0 fully saturated rings. The van der Waals surface area contributed by atoms with Crippen LogP contribution in [0.3, 0.4) is 0 Å². The molecular weight excluding hydrogens is 272 g/mol. The molecule has 1 atom stereocenters. The molecule has 0 amide bonds. The second-order valence-electron chi connectivity index (χ2n) is 4.45. The summed E-state index contributed by atoms with van der Waals surface area (Å²) in [4.78, 5) is 0. The molecule has 20 heavy (non-hydrogen) atoms. The van der Waals surface area contributed by atoms with Gasteiger partial charge in [-0.15, -0.1) is 0 Å². The summed E-state index contributed by atoms with van der Waals surface area (Å²) in [6.07, 6.45) is 0. The molecule has 0 bridgehead atoms. The Balaban J connectivity index is 2.23. The van der Waals surface area contributed by atoms with Crippen LogP contribution in [0.5, 0.6) is 5.75 Å². The Morgan fingerprint density at radius 2 is 2.05 bits per heavy atom. The Bertz CT molecular complexity index is 649. The first kappa shape index (κ1) is 14.2. The van der Waals surface area contributed by atoms with Gasteiger partial charge in [0.15, 0.2) is 0 Å². The van der Waals surface area contributed by atoms with Gasteiger partial charge in [0.2, 0.25) is 0 Å². The van der Waals surface area contributed by atoms with E-state index in [0.29, 0.717) is 10.6 Å². The standard InChI is InChI=1S/C16H15ClN2O/c1-11(13-4-3-5-14(9-13)20-2)19-16-8-12(10-18)6-7-15(16)17/h3-9,11,19H,1-2H3. The zero-order chi connectivity index (χ0) is 14.5. The van der Waals surface area contributed by atoms with E-state index in [1.165, 1.54) is 0 Å². The second kappa shape index (κ2) is 6.31. The summed E-state index contributed by atoms with van der Waals surface area (Å²) in [6.45, 7) is 2.03. The van der Waals surface area contributed by atoms with Gasteiger partial charge in [0.1, 0.15) is 5.75 Å². The van der Waals surface area contributed by atoms with Gasteiger partial charge in [-0.05, 0) is 42.8 Å². The molecule has 1 unspecified atom stereocenters. The van der Waals surface area contributed by atoms with E-state index in [-0.39, 0.29) is 6.04 Å². The van der Waals surface area contributed by atoms with Gasteiger partial charge in [0, 0.05) is 6.04 Å². The van der Waals surface area contributed by atoms with Gasteiger partial charge in [-0.2, -0.15) is 5.26 Å². The lowest BCUT2D eigenvalue weighted by Gasteiger charge is -2.17. The molecule has 0 aliphatic carbocycles. The zero-order valence-electron chi connectivity index (χ0n) is 11.4. The number of nitriles is 1. The molecule has 0 heterocycles. The molecule has 2 rings (SSSR count). The minimum absolute atomic E-state index is 0.0524. The van der Waals surface area contributed by atoms with Crippen LogP contribution in [0.25, 0.3) is 0 Å². The number of hydrogen-bond acceptors (Lipinski definition) is 3. The topological polar surface area (TPSA) is 45.0 Å². The summed E-state index contributed by atoms with van der Waals surface area (Å²) < 4.78 is 5.22. The molecule has 4 heteroatoms. The molecule has 1 N–H and O–H groups in total. The van der Waals surface area contributed by atoms with Gasteiger partial charge in [-0.1, -0.05) is 23.7 Å². The van der Waals surface area contributed by atoms with Crippen LogP contribution in [-0.2, 0) is 0 Å². The smallest absolute Gasteiger partial charge is 0.119 e. The fraction of sp³-hybridized carbons (Fsp3) is 0.188. The van der Waals surface area contributed by atoms with Crippen molar-refractivity contribution in [3.63, 3.8) is 0 Å². The molecule has 2 aromatic carbocycles. The Morgan fingerprint density at radius 3 is 2.75 bits per heavy atom. The first-order valence-corrected chi connectivity index (χ1v) is 6.62. The quantitative estimate of drug-likeness (QED) is 0.906. The fourth-order valence-electron chi connectivity index (χ4n) is 1.93. The zero-order valence-corrected chi connectivity index (χ0v) is 12.1. The van der Waals surface area contributed by atoms with Crippen molar-refractivity contribution < 1.29 is 4.74 Å². The van der Waals surface area contributed by atoms with Gasteiger partial charge < -0.3 is 10.1 Å². The SMILES string of the molecule is COc1cccc(C(C)Nc2cc(C#N)ccc2Cl)c1. The minimum atomic E-state index is 0.0524. The predicted octanol–water partition coefficient (Wildman–Crippen LogP) is 4.39. The van der Waals surface area contributed by atoms with Gasteiger partial charge in [0.05, 0.1) is 29.5 Å². The van der Waals surface area contributed by atoms with E-state index >= 15 is 0 Å². The van der Waals surface area contributed by atoms with Crippen LogP contribution >= 0.6 is 11.6 Å². The van der Waals surface area contributed by atoms with Crippen molar-refractivity contribution in [1.82, 2.24) is 0 Å². The second-order valence-corrected chi connectivity index (χ2v) is 4.86. The predicted molar refractivity (Wildman–Crippen MR) is 81.2 cm³/mol. The number of benzene rings is 2. The van der Waals surface area contributed by atoms with Gasteiger partial charge in [0.25, 0.3) is 0 Å². The summed E-state index contributed by atoms with van der Waals surface area (Å²) in [5, 5.41) is 12.8. The number of methoxy groups -OCH3 is 1. The van der Waals surface area contributed by atoms with Gasteiger partial charge in [-0.3, -0.25) is 0 Å². The Labute approximate surface area is 123 Å². The molecular formula is C16H15ClN2O. The van der Waals surface area contributed by atoms with Crippen LogP contribution < -0.4 is 10.1 Å². The molecule has 0 aromatic heterocycles. The summed E-state index contributed by atoms with van der Waals surface area (Å²) >= 11 is 6.15. The third kappa shape index (κ3) is 3.23. The summed E-state index contributed by atoms with van der Waals surface area (Å²) in [5.41, 5.74) is 2.42. The van der Waals surface area contributed by atoms with Crippen molar-refractivity contribution in [3.05, 3.63) is 58.6 Å². The first-order valence-electron chi connectivity index (χ1n) is 6.24. The number of hydrogen-bond donors (Lipinski definition) is 1. The van der Waals surface area contributed by atoms with E-state index in [9.17, 15) is 0 Å². The lowest BCUT2D eigenvalue weighted by Crippen LogP contribution is -2.07. The summed E-state index contributed by atoms with van der Waals surface area (Å²) in [7, 11) is 1.64. The molecule has 0 aliphatic rings. The van der Waals surface area contributed by atoms with Crippen LogP contribution in [0.2, 0.25) is 5.02 Å². The molecule has 3 nitrogen and oxygen atoms in total. The fourth-order valence-corrected chi connectivity index (χ4v) is 2.10. The van der Waals surface area contributed by atoms with Gasteiger partial charge in [-0.25, -0.2) is 0 Å². The van der Waals surface area contributed by atoms with Crippen LogP contribution in [-0.4, -0.2) is 7.11 Å². The molecule has 0 radical (unpaired) electrons. The van der Waals surface area contributed by atoms with Crippen LogP contribution in [0.4, 0.5) is 5.69 Å². The molecule has 102 valence electrons. The van der Waals surface area contributed by atoms with Gasteiger partial charge >= 0.3 is 0 Å². The van der Waals surface area contributed by atoms with Crippen LogP contribution in [0, 0.1) is 11.3 Å². The summed E-state index contributed by atoms with van der Waals surface area (Å²) in [5.74, 6) is 0.813. The maximum absolute atomic E-state index is 8.93. The lowest BCUT2D eigenvalue weighted by atomic mass is 10.1. The molecule has 2 aromatic rings. The lowest BCUT2D eigenvalue weighted by molar-refractivity contribution is 0.414. The summed E-state index contributed by atoms with van der Waals surface area (Å²) in [6, 6.07) is 15.2. The molecule has 0 spiro atoms. The van der Waals surface area contributed by atoms with Crippen molar-refractivity contribution in [3.8, 4) is 11.8 Å². The van der Waals surface area contributed by atoms with Crippen molar-refractivity contribution in [1.29, 1.82) is 5.26 Å². The number of rotatable bonds is 4. The monoisotopic (exact) mass is 286 g/mol. The number of ether oxygens (including phenoxy) is 1. The molecule has 0 saturated heterocycles.